The number of aliphatic hydroxyl groups excluding tert-OH is 1. The van der Waals surface area contributed by atoms with Gasteiger partial charge in [0.05, 0.1) is 35.3 Å². The zero-order valence-corrected chi connectivity index (χ0v) is 26.5. The van der Waals surface area contributed by atoms with E-state index in [1.807, 2.05) is 37.3 Å². The molecule has 0 aliphatic rings. The van der Waals surface area contributed by atoms with Crippen molar-refractivity contribution >= 4 is 27.3 Å². The number of benzene rings is 4. The molecule has 4 aromatic rings. The van der Waals surface area contributed by atoms with Crippen LogP contribution in [-0.4, -0.2) is 44.4 Å². The zero-order chi connectivity index (χ0) is 33.3. The van der Waals surface area contributed by atoms with Gasteiger partial charge in [-0.15, -0.1) is 0 Å². The molecule has 244 valence electrons. The molecular weight excluding hydrogens is 615 g/mol. The maximum atomic E-state index is 13.8. The molecule has 11 heteroatoms. The molecule has 0 unspecified atom stereocenters. The third-order valence-electron chi connectivity index (χ3n) is 7.35. The molecule has 0 bridgehead atoms. The number of nitrogens with one attached hydrogen (secondary N) is 2. The smallest absolute Gasteiger partial charge is 0.390 e. The molecule has 0 aliphatic carbocycles. The normalized spacial score (nSPS) is 13.2. The molecular formula is C35H38F3N3O4S. The molecule has 46 heavy (non-hydrogen) atoms. The van der Waals surface area contributed by atoms with E-state index in [0.29, 0.717) is 23.4 Å². The van der Waals surface area contributed by atoms with Crippen molar-refractivity contribution in [1.82, 2.24) is 10.6 Å². The Bertz CT molecular complexity index is 1700. The van der Waals surface area contributed by atoms with Crippen LogP contribution in [0.3, 0.4) is 0 Å². The summed E-state index contributed by atoms with van der Waals surface area (Å²) >= 11 is 0. The molecule has 0 fully saturated rings. The summed E-state index contributed by atoms with van der Waals surface area (Å²) in [6.45, 7) is 2.05. The Morgan fingerprint density at radius 3 is 2.13 bits per heavy atom. The van der Waals surface area contributed by atoms with E-state index in [1.165, 1.54) is 16.4 Å². The van der Waals surface area contributed by atoms with Crippen molar-refractivity contribution in [2.24, 2.45) is 0 Å². The van der Waals surface area contributed by atoms with E-state index in [1.54, 1.807) is 48.5 Å². The van der Waals surface area contributed by atoms with Crippen LogP contribution in [-0.2, 0) is 35.6 Å². The van der Waals surface area contributed by atoms with Crippen molar-refractivity contribution < 1.29 is 31.5 Å². The van der Waals surface area contributed by atoms with E-state index < -0.39 is 39.8 Å². The highest BCUT2D eigenvalue weighted by Gasteiger charge is 2.30. The number of para-hydroxylation sites is 1. The van der Waals surface area contributed by atoms with Gasteiger partial charge >= 0.3 is 6.18 Å². The van der Waals surface area contributed by atoms with Gasteiger partial charge < -0.3 is 15.7 Å². The number of carbonyl (C=O) groups excluding carboxylic acids is 1. The van der Waals surface area contributed by atoms with E-state index in [4.69, 9.17) is 0 Å². The first-order valence-corrected chi connectivity index (χ1v) is 16.8. The lowest BCUT2D eigenvalue weighted by molar-refractivity contribution is -0.137. The second-order valence-corrected chi connectivity index (χ2v) is 13.0. The third kappa shape index (κ3) is 9.65. The number of nitrogens with zero attached hydrogens (tertiary/aromatic N) is 1. The number of carbonyl (C=O) groups is 1. The van der Waals surface area contributed by atoms with Gasteiger partial charge in [0.25, 0.3) is 5.91 Å². The Morgan fingerprint density at radius 1 is 0.848 bits per heavy atom. The fourth-order valence-corrected chi connectivity index (χ4v) is 6.21. The molecule has 1 amide bonds. The van der Waals surface area contributed by atoms with E-state index in [9.17, 15) is 31.5 Å². The maximum absolute atomic E-state index is 13.8. The van der Waals surface area contributed by atoms with E-state index in [0.717, 1.165) is 35.9 Å². The van der Waals surface area contributed by atoms with Crippen molar-refractivity contribution in [1.29, 1.82) is 0 Å². The van der Waals surface area contributed by atoms with Crippen molar-refractivity contribution in [2.75, 3.05) is 17.1 Å². The number of alkyl halides is 3. The fraction of sp³-hybridized carbons (Fsp3) is 0.286. The van der Waals surface area contributed by atoms with Crippen LogP contribution in [0.15, 0.2) is 103 Å². The van der Waals surface area contributed by atoms with Gasteiger partial charge in [-0.25, -0.2) is 12.7 Å². The molecule has 2 atom stereocenters. The van der Waals surface area contributed by atoms with Crippen molar-refractivity contribution in [3.05, 3.63) is 131 Å². The number of aryl methyl sites for hydroxylation is 1. The minimum atomic E-state index is -4.46. The molecule has 3 N–H and O–H groups in total. The average molecular weight is 654 g/mol. The van der Waals surface area contributed by atoms with Crippen LogP contribution in [0.25, 0.3) is 0 Å². The lowest BCUT2D eigenvalue weighted by Crippen LogP contribution is -2.48. The van der Waals surface area contributed by atoms with Gasteiger partial charge in [0.1, 0.15) is 0 Å². The number of aliphatic hydroxyl groups is 1. The van der Waals surface area contributed by atoms with Gasteiger partial charge in [-0.3, -0.25) is 4.79 Å². The number of sulfonamides is 1. The standard InChI is InChI=1S/C35H38F3N3O4S/c1-3-11-26-18-28(22-31(20-26)41(46(2,44)45)30-16-8-5-9-17-30)34(43)40-32(21-25-12-6-4-7-13-25)33(42)24-39-23-27-14-10-15-29(19-27)35(36,37)38/h4-10,12-20,22,32-33,39,42H,3,11,21,23-24H2,1-2H3,(H,40,43)/t32-,33+/m0/s1. The van der Waals surface area contributed by atoms with Crippen LogP contribution in [0.4, 0.5) is 24.5 Å². The summed E-state index contributed by atoms with van der Waals surface area (Å²) < 4.78 is 66.5. The van der Waals surface area contributed by atoms with Gasteiger partial charge in [-0.05, 0) is 65.9 Å². The molecule has 4 rings (SSSR count). The highest BCUT2D eigenvalue weighted by Crippen LogP contribution is 2.31. The van der Waals surface area contributed by atoms with Crippen molar-refractivity contribution in [2.45, 2.75) is 51.1 Å². The number of hydrogen-bond acceptors (Lipinski definition) is 5. The van der Waals surface area contributed by atoms with Crippen LogP contribution in [0.2, 0.25) is 0 Å². The number of anilines is 2. The predicted molar refractivity (Wildman–Crippen MR) is 174 cm³/mol. The van der Waals surface area contributed by atoms with Crippen LogP contribution >= 0.6 is 0 Å². The minimum absolute atomic E-state index is 0.00892. The summed E-state index contributed by atoms with van der Waals surface area (Å²) in [4.78, 5) is 13.8. The van der Waals surface area contributed by atoms with E-state index >= 15 is 0 Å². The molecule has 0 aromatic heterocycles. The zero-order valence-electron chi connectivity index (χ0n) is 25.7. The van der Waals surface area contributed by atoms with Gasteiger partial charge in [0.2, 0.25) is 10.0 Å². The Balaban J connectivity index is 1.58. The quantitative estimate of drug-likeness (QED) is 0.150. The van der Waals surface area contributed by atoms with Crippen molar-refractivity contribution in [3.63, 3.8) is 0 Å². The summed E-state index contributed by atoms with van der Waals surface area (Å²) in [5, 5.41) is 17.1. The molecule has 0 aliphatic heterocycles. The summed E-state index contributed by atoms with van der Waals surface area (Å²) in [7, 11) is -3.78. The van der Waals surface area contributed by atoms with E-state index in [-0.39, 0.29) is 25.1 Å². The second kappa shape index (κ2) is 15.4. The van der Waals surface area contributed by atoms with Crippen LogP contribution in [0.1, 0.15) is 46.0 Å². The second-order valence-electron chi connectivity index (χ2n) is 11.2. The lowest BCUT2D eigenvalue weighted by Gasteiger charge is -2.26. The summed E-state index contributed by atoms with van der Waals surface area (Å²) in [5.74, 6) is -0.501. The first-order valence-electron chi connectivity index (χ1n) is 14.9. The molecule has 0 saturated carbocycles. The van der Waals surface area contributed by atoms with Crippen molar-refractivity contribution in [3.8, 4) is 0 Å². The fourth-order valence-electron chi connectivity index (χ4n) is 5.22. The molecule has 0 radical (unpaired) electrons. The highest BCUT2D eigenvalue weighted by molar-refractivity contribution is 7.92. The largest absolute Gasteiger partial charge is 0.416 e. The molecule has 0 saturated heterocycles. The Kier molecular flexibility index (Phi) is 11.6. The monoisotopic (exact) mass is 653 g/mol. The number of hydrogen-bond donors (Lipinski definition) is 3. The van der Waals surface area contributed by atoms with Crippen LogP contribution < -0.4 is 14.9 Å². The number of rotatable bonds is 14. The topological polar surface area (TPSA) is 98.7 Å². The molecule has 4 aromatic carbocycles. The summed E-state index contributed by atoms with van der Waals surface area (Å²) in [5.41, 5.74) is 2.25. The van der Waals surface area contributed by atoms with Gasteiger partial charge in [0, 0.05) is 18.7 Å². The average Bonchev–Trinajstić information content (AvgIpc) is 3.01. The SMILES string of the molecule is CCCc1cc(C(=O)N[C@@H](Cc2ccccc2)[C@H](O)CNCc2cccc(C(F)(F)F)c2)cc(N(c2ccccc2)S(C)(=O)=O)c1. The Labute approximate surface area is 268 Å². The first kappa shape index (κ1) is 34.7. The summed E-state index contributed by atoms with van der Waals surface area (Å²) in [6, 6.07) is 27.0. The maximum Gasteiger partial charge on any atom is 0.416 e. The predicted octanol–water partition coefficient (Wildman–Crippen LogP) is 6.25. The number of amides is 1. The lowest BCUT2D eigenvalue weighted by atomic mass is 9.99. The summed E-state index contributed by atoms with van der Waals surface area (Å²) in [6.07, 6.45) is -2.82. The van der Waals surface area contributed by atoms with E-state index in [2.05, 4.69) is 10.6 Å². The van der Waals surface area contributed by atoms with Crippen LogP contribution in [0.5, 0.6) is 0 Å². The minimum Gasteiger partial charge on any atom is -0.390 e. The molecule has 0 heterocycles. The van der Waals surface area contributed by atoms with Crippen LogP contribution in [0, 0.1) is 0 Å². The number of halogens is 3. The van der Waals surface area contributed by atoms with Gasteiger partial charge in [-0.2, -0.15) is 13.2 Å². The Hall–Kier alpha value is -4.19. The highest BCUT2D eigenvalue weighted by atomic mass is 32.2. The van der Waals surface area contributed by atoms with Gasteiger partial charge in [0.15, 0.2) is 0 Å². The Morgan fingerprint density at radius 2 is 1.50 bits per heavy atom. The molecule has 0 spiro atoms. The molecule has 7 nitrogen and oxygen atoms in total. The third-order valence-corrected chi connectivity index (χ3v) is 8.44. The first-order chi connectivity index (χ1) is 21.8. The van der Waals surface area contributed by atoms with Gasteiger partial charge in [-0.1, -0.05) is 80.1 Å².